The number of aliphatic hydroxyl groups excluding tert-OH is 11. The summed E-state index contributed by atoms with van der Waals surface area (Å²) in [5.74, 6) is -2.59. The van der Waals surface area contributed by atoms with Gasteiger partial charge in [-0.2, -0.15) is 0 Å². The Kier molecular flexibility index (Phi) is 16.3. The van der Waals surface area contributed by atoms with Crippen LogP contribution in [0.3, 0.4) is 0 Å². The highest BCUT2D eigenvalue weighted by atomic mass is 16.7. The van der Waals surface area contributed by atoms with Crippen molar-refractivity contribution >= 4 is 11.8 Å². The van der Waals surface area contributed by atoms with Gasteiger partial charge in [0.15, 0.2) is 6.29 Å². The van der Waals surface area contributed by atoms with E-state index >= 15 is 0 Å². The first-order chi connectivity index (χ1) is 22.1. The molecule has 0 aromatic rings. The first-order valence-electron chi connectivity index (χ1n) is 15.0. The highest BCUT2D eigenvalue weighted by Crippen LogP contribution is 2.38. The van der Waals surface area contributed by atoms with Gasteiger partial charge in [0.25, 0.3) is 11.7 Å². The fraction of sp³-hybridized carbons (Fsp3) is 0.857. The lowest BCUT2D eigenvalue weighted by Crippen LogP contribution is -2.71. The van der Waals surface area contributed by atoms with Crippen LogP contribution in [0.5, 0.6) is 0 Å². The van der Waals surface area contributed by atoms with Gasteiger partial charge < -0.3 is 85.8 Å². The molecule has 0 aromatic carbocycles. The summed E-state index contributed by atoms with van der Waals surface area (Å²) in [7, 11) is 0. The SMILES string of the molecule is C#CCNC(=O)[C@@]1(O[C@@H]2C(O)[C@H](O[C@H](C(O)CO)[C@H](O)C(O)CCC)OC(CO)[C@@H]2O)C[C@@H](O)[C@@H](NC(C)=O)C([C@H](O)[C@H](O)CO)O1. The molecule has 0 radical (unpaired) electrons. The van der Waals surface area contributed by atoms with E-state index in [2.05, 4.69) is 16.6 Å². The van der Waals surface area contributed by atoms with Crippen molar-refractivity contribution in [1.29, 1.82) is 0 Å². The van der Waals surface area contributed by atoms with E-state index < -0.39 is 136 Å². The summed E-state index contributed by atoms with van der Waals surface area (Å²) < 4.78 is 22.7. The number of nitrogens with one attached hydrogen (secondary N) is 2. The lowest BCUT2D eigenvalue weighted by molar-refractivity contribution is -0.374. The number of hydrogen-bond donors (Lipinski definition) is 13. The molecule has 2 saturated heterocycles. The Morgan fingerprint density at radius 3 is 2.19 bits per heavy atom. The van der Waals surface area contributed by atoms with Gasteiger partial charge in [-0.15, -0.1) is 6.42 Å². The second-order valence-corrected chi connectivity index (χ2v) is 11.4. The van der Waals surface area contributed by atoms with Crippen LogP contribution >= 0.6 is 0 Å². The molecule has 2 fully saturated rings. The van der Waals surface area contributed by atoms with Crippen molar-refractivity contribution in [3.8, 4) is 12.3 Å². The average Bonchev–Trinajstić information content (AvgIpc) is 3.04. The third kappa shape index (κ3) is 9.98. The standard InChI is InChI=1S/C28H48N2O17/c1-4-6-13(35)19(39)23(16(38)10-32)45-26-22(42)25(21(41)17(11-33)44-26)47-28(27(43)29-7-5-2)8-14(36)18(30-12(3)34)24(46-28)20(40)15(37)9-31/h2,13-26,31-33,35-42H,4,6-11H2,1,3H3,(H,29,43)(H,30,34)/t13?,14-,15-,16?,17?,18-,19-,20-,21+,22?,23-,24?,25+,26+,28+/m1/s1. The molecular weight excluding hydrogens is 636 g/mol. The Morgan fingerprint density at radius 1 is 1.02 bits per heavy atom. The Morgan fingerprint density at radius 2 is 1.66 bits per heavy atom. The average molecular weight is 685 g/mol. The van der Waals surface area contributed by atoms with Crippen molar-refractivity contribution in [3.63, 3.8) is 0 Å². The quantitative estimate of drug-likeness (QED) is 0.0633. The minimum atomic E-state index is -2.78. The summed E-state index contributed by atoms with van der Waals surface area (Å²) in [5.41, 5.74) is 0. The maximum atomic E-state index is 13.6. The minimum Gasteiger partial charge on any atom is -0.394 e. The first kappa shape index (κ1) is 41.1. The van der Waals surface area contributed by atoms with Gasteiger partial charge in [0.1, 0.15) is 61.0 Å². The Balaban J connectivity index is 2.58. The Labute approximate surface area is 270 Å². The molecule has 5 unspecified atom stereocenters. The summed E-state index contributed by atoms with van der Waals surface area (Å²) in [6.45, 7) is -0.610. The first-order valence-corrected chi connectivity index (χ1v) is 15.0. The fourth-order valence-corrected chi connectivity index (χ4v) is 5.39. The maximum Gasteiger partial charge on any atom is 0.281 e. The second kappa shape index (κ2) is 18.6. The molecule has 19 nitrogen and oxygen atoms in total. The van der Waals surface area contributed by atoms with Crippen LogP contribution in [-0.4, -0.2) is 186 Å². The van der Waals surface area contributed by atoms with E-state index in [0.29, 0.717) is 6.42 Å². The number of amides is 2. The number of aliphatic hydroxyl groups is 11. The normalized spacial score (nSPS) is 35.1. The van der Waals surface area contributed by atoms with Gasteiger partial charge >= 0.3 is 0 Å². The lowest BCUT2D eigenvalue weighted by atomic mass is 9.87. The van der Waals surface area contributed by atoms with E-state index in [1.165, 1.54) is 0 Å². The van der Waals surface area contributed by atoms with Gasteiger partial charge in [-0.05, 0) is 6.42 Å². The number of rotatable bonds is 17. The Hall–Kier alpha value is -2.10. The molecule has 0 spiro atoms. The summed E-state index contributed by atoms with van der Waals surface area (Å²) in [4.78, 5) is 25.5. The van der Waals surface area contributed by atoms with Crippen LogP contribution in [0.2, 0.25) is 0 Å². The molecular formula is C28H48N2O17. The molecule has 2 aliphatic rings. The van der Waals surface area contributed by atoms with Gasteiger partial charge in [0, 0.05) is 13.3 Å². The predicted octanol–water partition coefficient (Wildman–Crippen LogP) is -7.11. The molecule has 2 heterocycles. The molecule has 0 aliphatic carbocycles. The number of ether oxygens (including phenoxy) is 4. The number of carbonyl (C=O) groups excluding carboxylic acids is 2. The van der Waals surface area contributed by atoms with E-state index in [-0.39, 0.29) is 6.42 Å². The van der Waals surface area contributed by atoms with Gasteiger partial charge in [-0.25, -0.2) is 0 Å². The monoisotopic (exact) mass is 684 g/mol. The zero-order valence-corrected chi connectivity index (χ0v) is 26.0. The van der Waals surface area contributed by atoms with E-state index in [1.54, 1.807) is 6.92 Å². The molecule has 2 rings (SSSR count). The number of hydrogen-bond acceptors (Lipinski definition) is 17. The van der Waals surface area contributed by atoms with Gasteiger partial charge in [0.2, 0.25) is 5.91 Å². The van der Waals surface area contributed by atoms with Crippen LogP contribution in [0, 0.1) is 12.3 Å². The zero-order valence-electron chi connectivity index (χ0n) is 26.0. The third-order valence-corrected chi connectivity index (χ3v) is 7.88. The van der Waals surface area contributed by atoms with Crippen molar-refractivity contribution in [1.82, 2.24) is 10.6 Å². The molecule has 13 N–H and O–H groups in total. The van der Waals surface area contributed by atoms with E-state index in [0.717, 1.165) is 6.92 Å². The van der Waals surface area contributed by atoms with Crippen LogP contribution in [0.1, 0.15) is 33.1 Å². The lowest BCUT2D eigenvalue weighted by Gasteiger charge is -2.51. The topological polar surface area (TPSA) is 318 Å². The second-order valence-electron chi connectivity index (χ2n) is 11.4. The van der Waals surface area contributed by atoms with Crippen LogP contribution in [0.4, 0.5) is 0 Å². The van der Waals surface area contributed by atoms with Crippen LogP contribution in [0.25, 0.3) is 0 Å². The molecule has 272 valence electrons. The van der Waals surface area contributed by atoms with Crippen molar-refractivity contribution in [2.75, 3.05) is 26.4 Å². The van der Waals surface area contributed by atoms with E-state index in [9.17, 15) is 65.8 Å². The van der Waals surface area contributed by atoms with Crippen molar-refractivity contribution in [2.45, 2.75) is 124 Å². The van der Waals surface area contributed by atoms with Crippen LogP contribution < -0.4 is 10.6 Å². The van der Waals surface area contributed by atoms with Gasteiger partial charge in [-0.1, -0.05) is 19.3 Å². The summed E-state index contributed by atoms with van der Waals surface area (Å²) in [5, 5.41) is 119. The Bertz CT molecular complexity index is 1030. The van der Waals surface area contributed by atoms with E-state index in [4.69, 9.17) is 25.4 Å². The third-order valence-electron chi connectivity index (χ3n) is 7.88. The summed E-state index contributed by atoms with van der Waals surface area (Å²) in [6.07, 6.45) is -19.6. The molecule has 15 atom stereocenters. The predicted molar refractivity (Wildman–Crippen MR) is 154 cm³/mol. The highest BCUT2D eigenvalue weighted by Gasteiger charge is 2.59. The van der Waals surface area contributed by atoms with Crippen molar-refractivity contribution in [3.05, 3.63) is 0 Å². The minimum absolute atomic E-state index is 0.0450. The van der Waals surface area contributed by atoms with Crippen LogP contribution in [-0.2, 0) is 28.5 Å². The molecule has 0 aromatic heterocycles. The molecule has 2 aliphatic heterocycles. The van der Waals surface area contributed by atoms with E-state index in [1.807, 2.05) is 0 Å². The van der Waals surface area contributed by atoms with Gasteiger partial charge in [-0.3, -0.25) is 9.59 Å². The summed E-state index contributed by atoms with van der Waals surface area (Å²) in [6, 6.07) is -1.50. The number of terminal acetylenes is 1. The van der Waals surface area contributed by atoms with Crippen molar-refractivity contribution < 1.29 is 84.7 Å². The molecule has 0 saturated carbocycles. The van der Waals surface area contributed by atoms with Gasteiger partial charge in [0.05, 0.1) is 44.6 Å². The fourth-order valence-electron chi connectivity index (χ4n) is 5.39. The summed E-state index contributed by atoms with van der Waals surface area (Å²) >= 11 is 0. The van der Waals surface area contributed by atoms with Crippen LogP contribution in [0.15, 0.2) is 0 Å². The largest absolute Gasteiger partial charge is 0.394 e. The molecule has 0 bridgehead atoms. The molecule has 47 heavy (non-hydrogen) atoms. The molecule has 2 amide bonds. The van der Waals surface area contributed by atoms with Crippen molar-refractivity contribution in [2.24, 2.45) is 0 Å². The molecule has 19 heteroatoms. The zero-order chi connectivity index (χ0) is 35.6. The smallest absolute Gasteiger partial charge is 0.281 e. The highest BCUT2D eigenvalue weighted by molar-refractivity contribution is 5.84. The number of carbonyl (C=O) groups is 2. The maximum absolute atomic E-state index is 13.6.